The van der Waals surface area contributed by atoms with Crippen LogP contribution in [0.25, 0.3) is 10.9 Å². The second-order valence-electron chi connectivity index (χ2n) is 6.67. The lowest BCUT2D eigenvalue weighted by Gasteiger charge is -2.26. The van der Waals surface area contributed by atoms with Crippen molar-refractivity contribution in [1.82, 2.24) is 15.2 Å². The first-order valence-electron chi connectivity index (χ1n) is 9.10. The number of esters is 1. The molecular formula is C19H24N4O4. The topological polar surface area (TPSA) is 118 Å². The number of ether oxygens (including phenoxy) is 1. The quantitative estimate of drug-likeness (QED) is 0.663. The van der Waals surface area contributed by atoms with Crippen LogP contribution in [0.1, 0.15) is 24.8 Å². The van der Waals surface area contributed by atoms with Gasteiger partial charge in [0.15, 0.2) is 6.61 Å². The number of benzene rings is 1. The van der Waals surface area contributed by atoms with Crippen LogP contribution in [0.15, 0.2) is 30.5 Å². The molecule has 1 fully saturated rings. The van der Waals surface area contributed by atoms with Crippen molar-refractivity contribution in [3.8, 4) is 0 Å². The average molecular weight is 372 g/mol. The van der Waals surface area contributed by atoms with Crippen LogP contribution >= 0.6 is 0 Å². The average Bonchev–Trinajstić information content (AvgIpc) is 3.08. The predicted octanol–water partition coefficient (Wildman–Crippen LogP) is 1.30. The van der Waals surface area contributed by atoms with E-state index in [0.29, 0.717) is 13.1 Å². The number of nitrogens with one attached hydrogen (secondary N) is 2. The van der Waals surface area contributed by atoms with Crippen LogP contribution in [-0.2, 0) is 20.7 Å². The van der Waals surface area contributed by atoms with Crippen molar-refractivity contribution in [3.63, 3.8) is 0 Å². The maximum absolute atomic E-state index is 12.5. The van der Waals surface area contributed by atoms with E-state index < -0.39 is 18.0 Å². The maximum Gasteiger partial charge on any atom is 0.329 e. The Bertz CT molecular complexity index is 826. The second-order valence-corrected chi connectivity index (χ2v) is 6.67. The van der Waals surface area contributed by atoms with Crippen molar-refractivity contribution in [2.45, 2.75) is 31.7 Å². The third-order valence-corrected chi connectivity index (χ3v) is 4.75. The van der Waals surface area contributed by atoms with Crippen LogP contribution < -0.4 is 11.1 Å². The number of hydrogen-bond acceptors (Lipinski definition) is 4. The maximum atomic E-state index is 12.5. The van der Waals surface area contributed by atoms with Crippen molar-refractivity contribution in [3.05, 3.63) is 36.0 Å². The van der Waals surface area contributed by atoms with E-state index in [4.69, 9.17) is 10.5 Å². The molecule has 0 unspecified atom stereocenters. The van der Waals surface area contributed by atoms with Gasteiger partial charge in [-0.1, -0.05) is 18.2 Å². The monoisotopic (exact) mass is 372 g/mol. The molecule has 0 radical (unpaired) electrons. The number of H-pyrrole nitrogens is 1. The normalized spacial score (nSPS) is 15.3. The van der Waals surface area contributed by atoms with E-state index in [1.165, 1.54) is 0 Å². The van der Waals surface area contributed by atoms with Gasteiger partial charge in [0.05, 0.1) is 0 Å². The van der Waals surface area contributed by atoms with Crippen LogP contribution in [0, 0.1) is 0 Å². The first-order chi connectivity index (χ1) is 13.0. The molecule has 1 saturated heterocycles. The molecule has 27 heavy (non-hydrogen) atoms. The van der Waals surface area contributed by atoms with E-state index in [0.717, 1.165) is 35.7 Å². The molecule has 8 heteroatoms. The molecule has 2 heterocycles. The summed E-state index contributed by atoms with van der Waals surface area (Å²) in [5, 5.41) is 3.36. The van der Waals surface area contributed by atoms with Gasteiger partial charge in [-0.15, -0.1) is 0 Å². The van der Waals surface area contributed by atoms with Gasteiger partial charge in [-0.3, -0.25) is 4.79 Å². The Morgan fingerprint density at radius 3 is 2.67 bits per heavy atom. The van der Waals surface area contributed by atoms with Crippen molar-refractivity contribution < 1.29 is 19.1 Å². The first kappa shape index (κ1) is 18.8. The lowest BCUT2D eigenvalue weighted by Crippen LogP contribution is -2.47. The number of aromatic nitrogens is 1. The summed E-state index contributed by atoms with van der Waals surface area (Å²) in [4.78, 5) is 40.8. The van der Waals surface area contributed by atoms with Crippen molar-refractivity contribution >= 4 is 28.8 Å². The van der Waals surface area contributed by atoms with Crippen LogP contribution in [0.3, 0.4) is 0 Å². The number of likely N-dealkylation sites (tertiary alicyclic amines) is 1. The number of nitrogens with zero attached hydrogens (tertiary/aromatic N) is 1. The number of fused-ring (bicyclic) bond motifs is 1. The van der Waals surface area contributed by atoms with E-state index >= 15 is 0 Å². The van der Waals surface area contributed by atoms with Gasteiger partial charge >= 0.3 is 12.0 Å². The van der Waals surface area contributed by atoms with Gasteiger partial charge in [0.2, 0.25) is 0 Å². The van der Waals surface area contributed by atoms with Gasteiger partial charge in [0.25, 0.3) is 5.91 Å². The summed E-state index contributed by atoms with van der Waals surface area (Å²) in [6, 6.07) is 5.86. The number of amides is 3. The Balaban J connectivity index is 1.63. The Kier molecular flexibility index (Phi) is 5.95. The number of carbonyl (C=O) groups excluding carboxylic acids is 3. The molecule has 1 aliphatic heterocycles. The predicted molar refractivity (Wildman–Crippen MR) is 99.9 cm³/mol. The van der Waals surface area contributed by atoms with Gasteiger partial charge in [-0.25, -0.2) is 9.59 Å². The molecule has 3 rings (SSSR count). The third-order valence-electron chi connectivity index (χ3n) is 4.75. The molecule has 8 nitrogen and oxygen atoms in total. The number of carbonyl (C=O) groups is 3. The zero-order valence-electron chi connectivity index (χ0n) is 15.1. The highest BCUT2D eigenvalue weighted by Crippen LogP contribution is 2.19. The molecule has 3 amide bonds. The highest BCUT2D eigenvalue weighted by molar-refractivity contribution is 5.88. The minimum Gasteiger partial charge on any atom is -0.454 e. The zero-order chi connectivity index (χ0) is 19.2. The summed E-state index contributed by atoms with van der Waals surface area (Å²) < 4.78 is 5.17. The van der Waals surface area contributed by atoms with Crippen LogP contribution in [0.4, 0.5) is 4.79 Å². The molecule has 144 valence electrons. The second kappa shape index (κ2) is 8.57. The van der Waals surface area contributed by atoms with Gasteiger partial charge in [-0.05, 0) is 30.9 Å². The number of rotatable bonds is 6. The van der Waals surface area contributed by atoms with E-state index in [-0.39, 0.29) is 18.9 Å². The smallest absolute Gasteiger partial charge is 0.329 e. The summed E-state index contributed by atoms with van der Waals surface area (Å²) in [5.41, 5.74) is 6.99. The zero-order valence-corrected chi connectivity index (χ0v) is 15.1. The standard InChI is InChI=1S/C19H24N4O4/c20-19(26)22-16(10-13-11-21-15-7-3-2-6-14(13)15)18(25)27-12-17(24)23-8-4-1-5-9-23/h2-3,6-7,11,16,21H,1,4-5,8-10,12H2,(H3,20,22,26)/t16-/m0/s1. The Morgan fingerprint density at radius 2 is 1.93 bits per heavy atom. The lowest BCUT2D eigenvalue weighted by molar-refractivity contribution is -0.153. The molecule has 1 aliphatic rings. The van der Waals surface area contributed by atoms with Crippen LogP contribution in [-0.4, -0.2) is 53.5 Å². The van der Waals surface area contributed by atoms with Crippen molar-refractivity contribution in [2.24, 2.45) is 5.73 Å². The number of piperidine rings is 1. The third kappa shape index (κ3) is 4.78. The van der Waals surface area contributed by atoms with E-state index in [2.05, 4.69) is 10.3 Å². The van der Waals surface area contributed by atoms with Gasteiger partial charge in [0, 0.05) is 36.6 Å². The fraction of sp³-hybridized carbons (Fsp3) is 0.421. The minimum atomic E-state index is -0.962. The molecule has 1 atom stereocenters. The number of nitrogens with two attached hydrogens (primary N) is 1. The lowest BCUT2D eigenvalue weighted by atomic mass is 10.1. The Labute approximate surface area is 157 Å². The molecule has 0 aliphatic carbocycles. The Hall–Kier alpha value is -3.03. The number of para-hydroxylation sites is 1. The van der Waals surface area contributed by atoms with E-state index in [1.54, 1.807) is 11.1 Å². The van der Waals surface area contributed by atoms with E-state index in [1.807, 2.05) is 24.3 Å². The van der Waals surface area contributed by atoms with Crippen molar-refractivity contribution in [2.75, 3.05) is 19.7 Å². The number of urea groups is 1. The first-order valence-corrected chi connectivity index (χ1v) is 9.10. The molecule has 0 spiro atoms. The molecular weight excluding hydrogens is 348 g/mol. The fourth-order valence-corrected chi connectivity index (χ4v) is 3.35. The number of hydrogen-bond donors (Lipinski definition) is 3. The summed E-state index contributed by atoms with van der Waals surface area (Å²) in [6.45, 7) is 1.05. The highest BCUT2D eigenvalue weighted by Gasteiger charge is 2.25. The van der Waals surface area contributed by atoms with Gasteiger partial charge in [-0.2, -0.15) is 0 Å². The Morgan fingerprint density at radius 1 is 1.19 bits per heavy atom. The fourth-order valence-electron chi connectivity index (χ4n) is 3.35. The van der Waals surface area contributed by atoms with Gasteiger partial charge in [0.1, 0.15) is 6.04 Å². The molecule has 1 aromatic carbocycles. The summed E-state index contributed by atoms with van der Waals surface area (Å²) in [5.74, 6) is -0.891. The molecule has 1 aromatic heterocycles. The minimum absolute atomic E-state index is 0.212. The van der Waals surface area contributed by atoms with E-state index in [9.17, 15) is 14.4 Å². The van der Waals surface area contributed by atoms with Crippen molar-refractivity contribution in [1.29, 1.82) is 0 Å². The molecule has 0 bridgehead atoms. The highest BCUT2D eigenvalue weighted by atomic mass is 16.5. The number of aromatic amines is 1. The SMILES string of the molecule is NC(=O)N[C@@H](Cc1c[nH]c2ccccc12)C(=O)OCC(=O)N1CCCCC1. The number of primary amides is 1. The molecule has 2 aromatic rings. The summed E-state index contributed by atoms with van der Waals surface area (Å²) in [7, 11) is 0. The molecule has 0 saturated carbocycles. The molecule has 4 N–H and O–H groups in total. The summed E-state index contributed by atoms with van der Waals surface area (Å²) >= 11 is 0. The van der Waals surface area contributed by atoms with Crippen LogP contribution in [0.5, 0.6) is 0 Å². The van der Waals surface area contributed by atoms with Gasteiger partial charge < -0.3 is 25.7 Å². The summed E-state index contributed by atoms with van der Waals surface area (Å²) in [6.07, 6.45) is 5.03. The largest absolute Gasteiger partial charge is 0.454 e. The van der Waals surface area contributed by atoms with Crippen LogP contribution in [0.2, 0.25) is 0 Å².